The topological polar surface area (TPSA) is 81.6 Å². The first-order valence-electron chi connectivity index (χ1n) is 12.9. The zero-order chi connectivity index (χ0) is 24.8. The van der Waals surface area contributed by atoms with Crippen LogP contribution in [0.2, 0.25) is 0 Å². The third kappa shape index (κ3) is 5.82. The van der Waals surface area contributed by atoms with E-state index < -0.39 is 5.41 Å². The van der Waals surface area contributed by atoms with Crippen molar-refractivity contribution in [3.05, 3.63) is 53.0 Å². The lowest BCUT2D eigenvalue weighted by Crippen LogP contribution is -2.61. The van der Waals surface area contributed by atoms with Crippen LogP contribution in [0, 0.1) is 5.41 Å². The van der Waals surface area contributed by atoms with E-state index in [1.54, 1.807) is 31.2 Å². The van der Waals surface area contributed by atoms with Crippen molar-refractivity contribution in [3.63, 3.8) is 0 Å². The number of nitrogens with zero attached hydrogens (tertiary/aromatic N) is 3. The third-order valence-electron chi connectivity index (χ3n) is 7.34. The van der Waals surface area contributed by atoms with E-state index in [9.17, 15) is 9.59 Å². The molecule has 0 aromatic carbocycles. The lowest BCUT2D eigenvalue weighted by molar-refractivity contribution is -0.166. The molecule has 3 heterocycles. The number of aromatic nitrogens is 2. The molecular weight excluding hydrogens is 442 g/mol. The Bertz CT molecular complexity index is 1040. The number of fused-ring (bicyclic) bond motifs is 1. The Labute approximate surface area is 208 Å². The van der Waals surface area contributed by atoms with Crippen LogP contribution in [0.15, 0.2) is 30.5 Å². The van der Waals surface area contributed by atoms with Crippen molar-refractivity contribution in [2.45, 2.75) is 77.7 Å². The Morgan fingerprint density at radius 3 is 2.71 bits per heavy atom. The van der Waals surface area contributed by atoms with Gasteiger partial charge in [0.05, 0.1) is 31.6 Å². The summed E-state index contributed by atoms with van der Waals surface area (Å²) < 4.78 is 10.3. The van der Waals surface area contributed by atoms with Gasteiger partial charge in [-0.05, 0) is 76.0 Å². The average Bonchev–Trinajstić information content (AvgIpc) is 2.88. The maximum atomic E-state index is 13.3. The third-order valence-corrected chi connectivity index (χ3v) is 7.34. The van der Waals surface area contributed by atoms with Gasteiger partial charge in [-0.3, -0.25) is 14.6 Å². The maximum Gasteiger partial charge on any atom is 0.308 e. The van der Waals surface area contributed by atoms with E-state index in [1.807, 2.05) is 13.0 Å². The predicted octanol–water partition coefficient (Wildman–Crippen LogP) is 4.62. The Morgan fingerprint density at radius 2 is 2.00 bits per heavy atom. The molecule has 35 heavy (non-hydrogen) atoms. The van der Waals surface area contributed by atoms with Crippen molar-refractivity contribution >= 4 is 11.9 Å². The summed E-state index contributed by atoms with van der Waals surface area (Å²) in [5, 5.41) is 0. The van der Waals surface area contributed by atoms with Crippen molar-refractivity contribution in [1.82, 2.24) is 14.9 Å². The molecule has 2 aliphatic rings. The normalized spacial score (nSPS) is 20.1. The highest BCUT2D eigenvalue weighted by Crippen LogP contribution is 2.43. The Hall–Kier alpha value is -2.96. The molecule has 188 valence electrons. The van der Waals surface area contributed by atoms with Crippen LogP contribution in [0.1, 0.15) is 80.9 Å². The summed E-state index contributed by atoms with van der Waals surface area (Å²) in [5.74, 6) is 0.276. The lowest BCUT2D eigenvalue weighted by atomic mass is 9.74. The number of hydrogen-bond acceptors (Lipinski definition) is 6. The van der Waals surface area contributed by atoms with Crippen LogP contribution >= 0.6 is 0 Å². The molecule has 0 radical (unpaired) electrons. The van der Waals surface area contributed by atoms with Crippen molar-refractivity contribution in [1.29, 1.82) is 0 Å². The quantitative estimate of drug-likeness (QED) is 0.266. The predicted molar refractivity (Wildman–Crippen MR) is 133 cm³/mol. The number of carbonyl (C=O) groups excluding carboxylic acids is 2. The van der Waals surface area contributed by atoms with Crippen molar-refractivity contribution < 1.29 is 19.1 Å². The number of unbranched alkanes of at least 4 members (excludes halogenated alkanes) is 1. The van der Waals surface area contributed by atoms with Crippen LogP contribution in [-0.4, -0.2) is 47.0 Å². The SMILES string of the molecule is CCOC(=O)C[C@@H](c1ccc(OC)nc1)N1CC(C)(CCCCc2ccc3c(n2)CCCC3)C1=O. The fourth-order valence-electron chi connectivity index (χ4n) is 5.29. The maximum absolute atomic E-state index is 13.3. The van der Waals surface area contributed by atoms with Gasteiger partial charge in [-0.25, -0.2) is 4.98 Å². The van der Waals surface area contributed by atoms with Gasteiger partial charge < -0.3 is 14.4 Å². The molecule has 4 rings (SSSR count). The molecule has 1 aliphatic heterocycles. The Morgan fingerprint density at radius 1 is 1.17 bits per heavy atom. The number of amides is 1. The summed E-state index contributed by atoms with van der Waals surface area (Å²) in [6.07, 6.45) is 10.3. The molecule has 1 saturated heterocycles. The van der Waals surface area contributed by atoms with Gasteiger partial charge in [0.25, 0.3) is 0 Å². The molecular formula is C28H37N3O4. The summed E-state index contributed by atoms with van der Waals surface area (Å²) in [6, 6.07) is 7.66. The molecule has 2 aromatic heterocycles. The van der Waals surface area contributed by atoms with Gasteiger partial charge in [0.15, 0.2) is 0 Å². The second-order valence-corrected chi connectivity index (χ2v) is 9.98. The molecule has 2 aromatic rings. The number of carbonyl (C=O) groups is 2. The molecule has 0 saturated carbocycles. The number of methoxy groups -OCH3 is 1. The molecule has 0 spiro atoms. The number of likely N-dealkylation sites (tertiary alicyclic amines) is 1. The molecule has 7 heteroatoms. The largest absolute Gasteiger partial charge is 0.481 e. The molecule has 1 fully saturated rings. The summed E-state index contributed by atoms with van der Waals surface area (Å²) >= 11 is 0. The van der Waals surface area contributed by atoms with Crippen LogP contribution in [0.5, 0.6) is 5.88 Å². The highest BCUT2D eigenvalue weighted by Gasteiger charge is 2.50. The number of esters is 1. The van der Waals surface area contributed by atoms with Gasteiger partial charge in [-0.2, -0.15) is 0 Å². The van der Waals surface area contributed by atoms with E-state index in [4.69, 9.17) is 14.5 Å². The van der Waals surface area contributed by atoms with Crippen LogP contribution in [-0.2, 0) is 33.6 Å². The van der Waals surface area contributed by atoms with E-state index in [1.165, 1.54) is 29.8 Å². The first kappa shape index (κ1) is 25.1. The number of aryl methyl sites for hydroxylation is 3. The lowest BCUT2D eigenvalue weighted by Gasteiger charge is -2.50. The number of pyridine rings is 2. The van der Waals surface area contributed by atoms with Crippen molar-refractivity contribution in [2.24, 2.45) is 5.41 Å². The van der Waals surface area contributed by atoms with Crippen LogP contribution in [0.3, 0.4) is 0 Å². The molecule has 1 amide bonds. The monoisotopic (exact) mass is 479 g/mol. The van der Waals surface area contributed by atoms with Crippen LogP contribution < -0.4 is 4.74 Å². The van der Waals surface area contributed by atoms with Gasteiger partial charge in [0.2, 0.25) is 11.8 Å². The minimum atomic E-state index is -0.393. The van der Waals surface area contributed by atoms with Crippen LogP contribution in [0.4, 0.5) is 0 Å². The van der Waals surface area contributed by atoms with Crippen molar-refractivity contribution in [2.75, 3.05) is 20.3 Å². The smallest absolute Gasteiger partial charge is 0.308 e. The molecule has 0 N–H and O–H groups in total. The molecule has 1 aliphatic carbocycles. The van der Waals surface area contributed by atoms with E-state index >= 15 is 0 Å². The Balaban J connectivity index is 1.33. The molecule has 0 bridgehead atoms. The standard InChI is InChI=1S/C28H37N3O4/c1-4-35-26(32)17-24(21-13-15-25(34-3)29-18-21)31-19-28(2,27(31)33)16-8-7-10-22-14-12-20-9-5-6-11-23(20)30-22/h12-15,18,24H,4-11,16-17,19H2,1-3H3/t24-,28?/m0/s1. The summed E-state index contributed by atoms with van der Waals surface area (Å²) in [5.41, 5.74) is 4.28. The van der Waals surface area contributed by atoms with Crippen LogP contribution in [0.25, 0.3) is 0 Å². The molecule has 2 atom stereocenters. The van der Waals surface area contributed by atoms with Gasteiger partial charge in [-0.15, -0.1) is 0 Å². The fourth-order valence-corrected chi connectivity index (χ4v) is 5.29. The second-order valence-electron chi connectivity index (χ2n) is 9.98. The van der Waals surface area contributed by atoms with E-state index in [0.717, 1.165) is 44.1 Å². The summed E-state index contributed by atoms with van der Waals surface area (Å²) in [4.78, 5) is 36.5. The van der Waals surface area contributed by atoms with E-state index in [-0.39, 0.29) is 24.3 Å². The summed E-state index contributed by atoms with van der Waals surface area (Å²) in [6.45, 7) is 4.76. The van der Waals surface area contributed by atoms with Gasteiger partial charge in [0, 0.05) is 30.2 Å². The Kier molecular flexibility index (Phi) is 8.04. The van der Waals surface area contributed by atoms with Gasteiger partial charge in [-0.1, -0.05) is 18.6 Å². The van der Waals surface area contributed by atoms with E-state index in [2.05, 4.69) is 17.1 Å². The van der Waals surface area contributed by atoms with Crippen molar-refractivity contribution in [3.8, 4) is 5.88 Å². The average molecular weight is 480 g/mol. The second kappa shape index (κ2) is 11.2. The first-order chi connectivity index (χ1) is 16.9. The fraction of sp³-hybridized carbons (Fsp3) is 0.571. The number of hydrogen-bond donors (Lipinski definition) is 0. The minimum Gasteiger partial charge on any atom is -0.481 e. The molecule has 7 nitrogen and oxygen atoms in total. The van der Waals surface area contributed by atoms with E-state index in [0.29, 0.717) is 19.0 Å². The van der Waals surface area contributed by atoms with Gasteiger partial charge in [0.1, 0.15) is 0 Å². The number of β-lactam (4-membered cyclic amide) rings is 1. The minimum absolute atomic E-state index is 0.0922. The zero-order valence-corrected chi connectivity index (χ0v) is 21.2. The highest BCUT2D eigenvalue weighted by atomic mass is 16.5. The zero-order valence-electron chi connectivity index (χ0n) is 21.2. The first-order valence-corrected chi connectivity index (χ1v) is 12.9. The summed E-state index contributed by atoms with van der Waals surface area (Å²) in [7, 11) is 1.56. The highest BCUT2D eigenvalue weighted by molar-refractivity contribution is 5.89. The molecule has 1 unspecified atom stereocenters. The number of rotatable bonds is 11. The van der Waals surface area contributed by atoms with Gasteiger partial charge >= 0.3 is 5.97 Å². The number of ether oxygens (including phenoxy) is 2.